The molecule has 0 fully saturated rings. The first-order valence-corrected chi connectivity index (χ1v) is 5.45. The molecule has 1 aromatic heterocycles. The number of aryl methyl sites for hydroxylation is 1. The molecule has 6 nitrogen and oxygen atoms in total. The van der Waals surface area contributed by atoms with Gasteiger partial charge in [-0.25, -0.2) is 0 Å². The van der Waals surface area contributed by atoms with E-state index in [9.17, 15) is 14.9 Å². The Labute approximate surface area is 105 Å². The van der Waals surface area contributed by atoms with Crippen LogP contribution in [0.4, 0.5) is 5.69 Å². The summed E-state index contributed by atoms with van der Waals surface area (Å²) in [5.74, 6) is 2.01. The van der Waals surface area contributed by atoms with Crippen LogP contribution in [0, 0.1) is 22.5 Å². The maximum atomic E-state index is 12.0. The normalized spacial score (nSPS) is 10.8. The predicted molar refractivity (Wildman–Crippen MR) is 67.1 cm³/mol. The van der Waals surface area contributed by atoms with Crippen LogP contribution in [0.5, 0.6) is 0 Å². The smallest absolute Gasteiger partial charge is 0.287 e. The average Bonchev–Trinajstić information content (AvgIpc) is 2.72. The van der Waals surface area contributed by atoms with E-state index in [1.165, 1.54) is 16.8 Å². The second-order valence-corrected chi connectivity index (χ2v) is 4.35. The van der Waals surface area contributed by atoms with Gasteiger partial charge >= 0.3 is 0 Å². The largest absolute Gasteiger partial charge is 0.337 e. The highest BCUT2D eigenvalue weighted by molar-refractivity contribution is 5.94. The van der Waals surface area contributed by atoms with Gasteiger partial charge in [0.2, 0.25) is 0 Å². The van der Waals surface area contributed by atoms with Crippen molar-refractivity contribution in [2.24, 2.45) is 0 Å². The zero-order valence-electron chi connectivity index (χ0n) is 10.6. The molecular weight excluding hydrogens is 234 g/mol. The Morgan fingerprint density at radius 3 is 2.72 bits per heavy atom. The highest BCUT2D eigenvalue weighted by Gasteiger charge is 2.23. The lowest BCUT2D eigenvalue weighted by Gasteiger charge is -2.19. The van der Waals surface area contributed by atoms with Gasteiger partial charge in [-0.1, -0.05) is 5.92 Å². The number of aromatic nitrogens is 1. The Morgan fingerprint density at radius 2 is 2.28 bits per heavy atom. The molecular formula is C12H15N3O3. The van der Waals surface area contributed by atoms with Crippen LogP contribution in [0.2, 0.25) is 0 Å². The molecule has 0 saturated heterocycles. The molecule has 0 bridgehead atoms. The number of hydrogen-bond donors (Lipinski definition) is 1. The van der Waals surface area contributed by atoms with Crippen LogP contribution < -0.4 is 5.32 Å². The summed E-state index contributed by atoms with van der Waals surface area (Å²) in [6, 6.07) is 1.24. The minimum Gasteiger partial charge on any atom is -0.337 e. The van der Waals surface area contributed by atoms with Crippen molar-refractivity contribution >= 4 is 11.6 Å². The Bertz CT molecular complexity index is 523. The Morgan fingerprint density at radius 1 is 1.67 bits per heavy atom. The monoisotopic (exact) mass is 249 g/mol. The van der Waals surface area contributed by atoms with E-state index < -0.39 is 16.4 Å². The lowest BCUT2D eigenvalue weighted by Crippen LogP contribution is -2.42. The van der Waals surface area contributed by atoms with Gasteiger partial charge in [0.1, 0.15) is 5.69 Å². The van der Waals surface area contributed by atoms with E-state index >= 15 is 0 Å². The summed E-state index contributed by atoms with van der Waals surface area (Å²) in [5.41, 5.74) is -0.678. The Hall–Kier alpha value is -2.29. The molecule has 1 rings (SSSR count). The average molecular weight is 249 g/mol. The van der Waals surface area contributed by atoms with Crippen LogP contribution in [-0.2, 0) is 6.54 Å². The van der Waals surface area contributed by atoms with Gasteiger partial charge in [-0.2, -0.15) is 0 Å². The third-order valence-corrected chi connectivity index (χ3v) is 2.45. The number of hydrogen-bond acceptors (Lipinski definition) is 3. The first-order valence-electron chi connectivity index (χ1n) is 5.45. The zero-order chi connectivity index (χ0) is 13.9. The number of nitro groups is 1. The van der Waals surface area contributed by atoms with Crippen molar-refractivity contribution in [1.82, 2.24) is 9.88 Å². The fraction of sp³-hybridized carbons (Fsp3) is 0.417. The topological polar surface area (TPSA) is 77.2 Å². The van der Waals surface area contributed by atoms with E-state index in [1.54, 1.807) is 20.8 Å². The van der Waals surface area contributed by atoms with E-state index in [-0.39, 0.29) is 11.4 Å². The summed E-state index contributed by atoms with van der Waals surface area (Å²) < 4.78 is 1.51. The number of carbonyl (C=O) groups excluding carboxylic acids is 1. The van der Waals surface area contributed by atoms with E-state index in [4.69, 9.17) is 6.42 Å². The number of amides is 1. The third kappa shape index (κ3) is 2.88. The van der Waals surface area contributed by atoms with Gasteiger partial charge in [-0.3, -0.25) is 14.9 Å². The van der Waals surface area contributed by atoms with Crippen LogP contribution in [0.1, 0.15) is 31.3 Å². The maximum absolute atomic E-state index is 12.0. The quantitative estimate of drug-likeness (QED) is 0.499. The standard InChI is InChI=1S/C12H15N3O3/c1-5-12(3,4)13-11(16)10-7-9(15(17)18)8-14(10)6-2/h1,7-8H,6H2,2-4H3,(H,13,16). The van der Waals surface area contributed by atoms with Gasteiger partial charge in [-0.05, 0) is 20.8 Å². The molecule has 0 radical (unpaired) electrons. The summed E-state index contributed by atoms with van der Waals surface area (Å²) >= 11 is 0. The van der Waals surface area contributed by atoms with Crippen molar-refractivity contribution in [3.05, 3.63) is 28.1 Å². The van der Waals surface area contributed by atoms with Crippen LogP contribution in [-0.4, -0.2) is 20.9 Å². The molecule has 1 amide bonds. The van der Waals surface area contributed by atoms with E-state index in [1.807, 2.05) is 0 Å². The molecule has 0 aliphatic heterocycles. The van der Waals surface area contributed by atoms with Gasteiger partial charge in [0.15, 0.2) is 0 Å². The maximum Gasteiger partial charge on any atom is 0.287 e. The minimum atomic E-state index is -0.797. The van der Waals surface area contributed by atoms with Crippen LogP contribution in [0.15, 0.2) is 12.3 Å². The summed E-state index contributed by atoms with van der Waals surface area (Å²) in [7, 11) is 0. The molecule has 96 valence electrons. The molecule has 0 saturated carbocycles. The fourth-order valence-corrected chi connectivity index (χ4v) is 1.43. The van der Waals surface area contributed by atoms with Crippen LogP contribution >= 0.6 is 0 Å². The van der Waals surface area contributed by atoms with Gasteiger partial charge in [0, 0.05) is 12.6 Å². The lowest BCUT2D eigenvalue weighted by molar-refractivity contribution is -0.384. The predicted octanol–water partition coefficient (Wildman–Crippen LogP) is 1.56. The number of nitrogens with zero attached hydrogens (tertiary/aromatic N) is 2. The molecule has 0 aliphatic carbocycles. The Balaban J connectivity index is 3.06. The van der Waals surface area contributed by atoms with Crippen LogP contribution in [0.25, 0.3) is 0 Å². The second kappa shape index (κ2) is 4.92. The third-order valence-electron chi connectivity index (χ3n) is 2.45. The number of nitrogens with one attached hydrogen (secondary N) is 1. The molecule has 1 heterocycles. The summed E-state index contributed by atoms with van der Waals surface area (Å²) in [5, 5.41) is 13.3. The molecule has 1 N–H and O–H groups in total. The highest BCUT2D eigenvalue weighted by atomic mass is 16.6. The van der Waals surface area contributed by atoms with Crippen molar-refractivity contribution < 1.29 is 9.72 Å². The van der Waals surface area contributed by atoms with Gasteiger partial charge in [-0.15, -0.1) is 6.42 Å². The van der Waals surface area contributed by atoms with E-state index in [0.717, 1.165) is 0 Å². The molecule has 1 aromatic rings. The first-order chi connectivity index (χ1) is 8.30. The zero-order valence-corrected chi connectivity index (χ0v) is 10.6. The lowest BCUT2D eigenvalue weighted by atomic mass is 10.1. The van der Waals surface area contributed by atoms with Gasteiger partial charge in [0.25, 0.3) is 11.6 Å². The SMILES string of the molecule is C#CC(C)(C)NC(=O)c1cc([N+](=O)[O-])cn1CC. The Kier molecular flexibility index (Phi) is 3.76. The molecule has 18 heavy (non-hydrogen) atoms. The molecule has 0 aromatic carbocycles. The fourth-order valence-electron chi connectivity index (χ4n) is 1.43. The van der Waals surface area contributed by atoms with Crippen molar-refractivity contribution in [2.75, 3.05) is 0 Å². The first kappa shape index (κ1) is 13.8. The van der Waals surface area contributed by atoms with E-state index in [2.05, 4.69) is 11.2 Å². The van der Waals surface area contributed by atoms with Crippen molar-refractivity contribution in [3.63, 3.8) is 0 Å². The van der Waals surface area contributed by atoms with Crippen molar-refractivity contribution in [3.8, 4) is 12.3 Å². The number of carbonyl (C=O) groups is 1. The van der Waals surface area contributed by atoms with Crippen molar-refractivity contribution in [1.29, 1.82) is 0 Å². The number of rotatable bonds is 4. The van der Waals surface area contributed by atoms with Gasteiger partial charge < -0.3 is 9.88 Å². The van der Waals surface area contributed by atoms with Crippen molar-refractivity contribution in [2.45, 2.75) is 32.9 Å². The van der Waals surface area contributed by atoms with Gasteiger partial charge in [0.05, 0.1) is 16.7 Å². The highest BCUT2D eigenvalue weighted by Crippen LogP contribution is 2.17. The molecule has 6 heteroatoms. The molecule has 0 atom stereocenters. The molecule has 0 aliphatic rings. The van der Waals surface area contributed by atoms with Crippen LogP contribution in [0.3, 0.4) is 0 Å². The second-order valence-electron chi connectivity index (χ2n) is 4.35. The minimum absolute atomic E-state index is 0.111. The summed E-state index contributed by atoms with van der Waals surface area (Å²) in [6.45, 7) is 5.62. The summed E-state index contributed by atoms with van der Waals surface area (Å²) in [4.78, 5) is 22.1. The summed E-state index contributed by atoms with van der Waals surface area (Å²) in [6.07, 6.45) is 6.61. The van der Waals surface area contributed by atoms with E-state index in [0.29, 0.717) is 6.54 Å². The number of terminal acetylenes is 1. The molecule has 0 unspecified atom stereocenters. The molecule has 0 spiro atoms.